The molecule has 1 aliphatic heterocycles. The molecule has 1 N–H and O–H groups in total. The van der Waals surface area contributed by atoms with Gasteiger partial charge in [0.1, 0.15) is 23.3 Å². The summed E-state index contributed by atoms with van der Waals surface area (Å²) in [7, 11) is 1.62. The lowest BCUT2D eigenvalue weighted by Gasteiger charge is -2.18. The van der Waals surface area contributed by atoms with Crippen molar-refractivity contribution in [2.24, 2.45) is 5.92 Å². The Kier molecular flexibility index (Phi) is 5.39. The Morgan fingerprint density at radius 1 is 1.26 bits per heavy atom. The highest BCUT2D eigenvalue weighted by Gasteiger charge is 2.44. The summed E-state index contributed by atoms with van der Waals surface area (Å²) in [5.74, 6) is -3.35. The fourth-order valence-corrected chi connectivity index (χ4v) is 3.30. The first-order chi connectivity index (χ1) is 12.9. The van der Waals surface area contributed by atoms with Crippen molar-refractivity contribution in [2.75, 3.05) is 25.5 Å². The number of hydrogen-bond acceptors (Lipinski definition) is 3. The first-order valence-electron chi connectivity index (χ1n) is 8.64. The number of likely N-dealkylation sites (tertiary alicyclic amines) is 1. The average Bonchev–Trinajstić information content (AvgIpc) is 2.93. The predicted molar refractivity (Wildman–Crippen MR) is 96.5 cm³/mol. The fraction of sp³-hybridized carbons (Fsp3) is 0.300. The summed E-state index contributed by atoms with van der Waals surface area (Å²) in [6.45, 7) is 2.73. The van der Waals surface area contributed by atoms with E-state index < -0.39 is 29.4 Å². The lowest BCUT2D eigenvalue weighted by atomic mass is 9.87. The summed E-state index contributed by atoms with van der Waals surface area (Å²) in [4.78, 5) is 26.8. The number of amides is 2. The zero-order valence-electron chi connectivity index (χ0n) is 15.0. The van der Waals surface area contributed by atoms with Gasteiger partial charge in [0.05, 0.1) is 12.3 Å². The first kappa shape index (κ1) is 18.8. The van der Waals surface area contributed by atoms with E-state index in [4.69, 9.17) is 4.74 Å². The number of ether oxygens (including phenoxy) is 1. The van der Waals surface area contributed by atoms with E-state index >= 15 is 0 Å². The molecule has 0 bridgehead atoms. The summed E-state index contributed by atoms with van der Waals surface area (Å²) < 4.78 is 32.4. The number of hydrogen-bond donors (Lipinski definition) is 1. The molecule has 2 aromatic carbocycles. The van der Waals surface area contributed by atoms with Crippen molar-refractivity contribution in [2.45, 2.75) is 12.8 Å². The second-order valence-corrected chi connectivity index (χ2v) is 6.42. The van der Waals surface area contributed by atoms with E-state index in [1.54, 1.807) is 25.2 Å². The quantitative estimate of drug-likeness (QED) is 0.818. The van der Waals surface area contributed by atoms with Gasteiger partial charge in [0.15, 0.2) is 0 Å². The van der Waals surface area contributed by atoms with Gasteiger partial charge in [-0.1, -0.05) is 12.1 Å². The highest BCUT2D eigenvalue weighted by molar-refractivity contribution is 6.08. The molecule has 0 aromatic heterocycles. The fourth-order valence-electron chi connectivity index (χ4n) is 3.30. The van der Waals surface area contributed by atoms with Gasteiger partial charge in [0.2, 0.25) is 11.8 Å². The highest BCUT2D eigenvalue weighted by atomic mass is 19.1. The molecule has 0 aliphatic carbocycles. The monoisotopic (exact) mass is 374 g/mol. The third-order valence-electron chi connectivity index (χ3n) is 4.58. The number of rotatable bonds is 5. The molecule has 1 saturated heterocycles. The largest absolute Gasteiger partial charge is 0.494 e. The number of nitrogens with zero attached hydrogens (tertiary/aromatic N) is 1. The zero-order valence-corrected chi connectivity index (χ0v) is 15.0. The van der Waals surface area contributed by atoms with Gasteiger partial charge in [-0.05, 0) is 36.8 Å². The maximum Gasteiger partial charge on any atom is 0.237 e. The minimum Gasteiger partial charge on any atom is -0.494 e. The van der Waals surface area contributed by atoms with Crippen molar-refractivity contribution < 1.29 is 23.1 Å². The third kappa shape index (κ3) is 3.92. The van der Waals surface area contributed by atoms with E-state index in [0.717, 1.165) is 17.7 Å². The molecule has 2 atom stereocenters. The second kappa shape index (κ2) is 7.73. The minimum atomic E-state index is -1.00. The van der Waals surface area contributed by atoms with E-state index in [9.17, 15) is 18.4 Å². The van der Waals surface area contributed by atoms with E-state index in [0.29, 0.717) is 25.0 Å². The van der Waals surface area contributed by atoms with Crippen molar-refractivity contribution in [3.05, 3.63) is 59.7 Å². The Hall–Kier alpha value is -2.96. The van der Waals surface area contributed by atoms with Crippen LogP contribution in [0.5, 0.6) is 5.75 Å². The first-order valence-corrected chi connectivity index (χ1v) is 8.64. The maximum atomic E-state index is 13.9. The van der Waals surface area contributed by atoms with Crippen LogP contribution < -0.4 is 10.1 Å². The number of halogens is 2. The van der Waals surface area contributed by atoms with Gasteiger partial charge >= 0.3 is 0 Å². The lowest BCUT2D eigenvalue weighted by molar-refractivity contribution is -0.135. The molecule has 2 aromatic rings. The van der Waals surface area contributed by atoms with Crippen LogP contribution in [-0.4, -0.2) is 36.9 Å². The Bertz CT molecular complexity index is 872. The van der Waals surface area contributed by atoms with Crippen LogP contribution in [0.4, 0.5) is 14.5 Å². The summed E-state index contributed by atoms with van der Waals surface area (Å²) in [6.07, 6.45) is 0. The zero-order chi connectivity index (χ0) is 19.6. The van der Waals surface area contributed by atoms with Crippen LogP contribution in [0.3, 0.4) is 0 Å². The topological polar surface area (TPSA) is 58.6 Å². The summed E-state index contributed by atoms with van der Waals surface area (Å²) >= 11 is 0. The molecule has 27 heavy (non-hydrogen) atoms. The molecule has 0 unspecified atom stereocenters. The van der Waals surface area contributed by atoms with Crippen molar-refractivity contribution in [3.8, 4) is 5.75 Å². The van der Waals surface area contributed by atoms with E-state index in [2.05, 4.69) is 5.32 Å². The predicted octanol–water partition coefficient (Wildman–Crippen LogP) is 3.17. The lowest BCUT2D eigenvalue weighted by Crippen LogP contribution is -2.33. The molecule has 5 nitrogen and oxygen atoms in total. The third-order valence-corrected chi connectivity index (χ3v) is 4.58. The normalized spacial score (nSPS) is 19.3. The standard InChI is InChI=1S/C20H20F2N2O3/c1-3-27-14-6-4-5-12(9-14)15-11-24(2)20(26)18(15)19(25)23-17-8-7-13(21)10-16(17)22/h4-10,15,18H,3,11H2,1-2H3,(H,23,25)/t15-,18+/m1/s1. The van der Waals surface area contributed by atoms with Gasteiger partial charge in [-0.25, -0.2) is 8.78 Å². The molecule has 1 aliphatic rings. The Morgan fingerprint density at radius 2 is 2.04 bits per heavy atom. The van der Waals surface area contributed by atoms with Crippen LogP contribution in [-0.2, 0) is 9.59 Å². The number of benzene rings is 2. The molecule has 2 amide bonds. The van der Waals surface area contributed by atoms with Crippen molar-refractivity contribution in [1.82, 2.24) is 4.90 Å². The molecule has 7 heteroatoms. The molecule has 142 valence electrons. The number of nitrogens with one attached hydrogen (secondary N) is 1. The van der Waals surface area contributed by atoms with Gasteiger partial charge in [0, 0.05) is 25.6 Å². The Morgan fingerprint density at radius 3 is 2.74 bits per heavy atom. The smallest absolute Gasteiger partial charge is 0.237 e. The van der Waals surface area contributed by atoms with Crippen LogP contribution in [0.2, 0.25) is 0 Å². The SMILES string of the molecule is CCOc1cccc([C@H]2CN(C)C(=O)[C@@H]2C(=O)Nc2ccc(F)cc2F)c1. The Balaban J connectivity index is 1.87. The second-order valence-electron chi connectivity index (χ2n) is 6.42. The number of carbonyl (C=O) groups is 2. The van der Waals surface area contributed by atoms with Crippen LogP contribution in [0.15, 0.2) is 42.5 Å². The van der Waals surface area contributed by atoms with E-state index in [-0.39, 0.29) is 11.6 Å². The number of likely N-dealkylation sites (N-methyl/N-ethyl adjacent to an activating group) is 1. The highest BCUT2D eigenvalue weighted by Crippen LogP contribution is 2.35. The van der Waals surface area contributed by atoms with Crippen LogP contribution in [0.1, 0.15) is 18.4 Å². The molecule has 3 rings (SSSR count). The minimum absolute atomic E-state index is 0.162. The summed E-state index contributed by atoms with van der Waals surface area (Å²) in [5.41, 5.74) is 0.629. The van der Waals surface area contributed by atoms with Gasteiger partial charge in [0.25, 0.3) is 0 Å². The summed E-state index contributed by atoms with van der Waals surface area (Å²) in [6, 6.07) is 10.1. The van der Waals surface area contributed by atoms with Crippen molar-refractivity contribution in [1.29, 1.82) is 0 Å². The molecule has 1 fully saturated rings. The summed E-state index contributed by atoms with van der Waals surface area (Å²) in [5, 5.41) is 2.41. The number of carbonyl (C=O) groups excluding carboxylic acids is 2. The van der Waals surface area contributed by atoms with Gasteiger partial charge in [-0.15, -0.1) is 0 Å². The average molecular weight is 374 g/mol. The van der Waals surface area contributed by atoms with Crippen LogP contribution in [0.25, 0.3) is 0 Å². The molecule has 1 heterocycles. The van der Waals surface area contributed by atoms with Crippen molar-refractivity contribution in [3.63, 3.8) is 0 Å². The Labute approximate surface area is 155 Å². The molecular formula is C20H20F2N2O3. The van der Waals surface area contributed by atoms with Gasteiger partial charge in [-0.2, -0.15) is 0 Å². The van der Waals surface area contributed by atoms with Gasteiger partial charge in [-0.3, -0.25) is 9.59 Å². The van der Waals surface area contributed by atoms with Crippen LogP contribution >= 0.6 is 0 Å². The van der Waals surface area contributed by atoms with E-state index in [1.807, 2.05) is 13.0 Å². The molecule has 0 spiro atoms. The van der Waals surface area contributed by atoms with Gasteiger partial charge < -0.3 is 15.0 Å². The van der Waals surface area contributed by atoms with Crippen LogP contribution in [0, 0.1) is 17.6 Å². The maximum absolute atomic E-state index is 13.9. The molecular weight excluding hydrogens is 354 g/mol. The van der Waals surface area contributed by atoms with Crippen molar-refractivity contribution >= 4 is 17.5 Å². The van der Waals surface area contributed by atoms with E-state index in [1.165, 1.54) is 4.90 Å². The molecule has 0 radical (unpaired) electrons. The molecule has 0 saturated carbocycles. The number of anilines is 1.